The monoisotopic (exact) mass is 313 g/mol. The molecule has 1 aromatic heterocycles. The SMILES string of the molecule is CCN1CCOC(CNCc2cncc(Br)c2)C1. The number of hydrogen-bond donors (Lipinski definition) is 1. The Morgan fingerprint density at radius 2 is 2.44 bits per heavy atom. The van der Waals surface area contributed by atoms with E-state index in [9.17, 15) is 0 Å². The highest BCUT2D eigenvalue weighted by molar-refractivity contribution is 9.10. The molecule has 0 aliphatic carbocycles. The van der Waals surface area contributed by atoms with Crippen molar-refractivity contribution < 1.29 is 4.74 Å². The molecule has 1 saturated heterocycles. The fourth-order valence-corrected chi connectivity index (χ4v) is 2.53. The van der Waals surface area contributed by atoms with E-state index in [1.54, 1.807) is 6.20 Å². The molecule has 1 aromatic rings. The van der Waals surface area contributed by atoms with E-state index in [-0.39, 0.29) is 0 Å². The summed E-state index contributed by atoms with van der Waals surface area (Å²) >= 11 is 3.43. The molecule has 2 rings (SSSR count). The quantitative estimate of drug-likeness (QED) is 0.897. The van der Waals surface area contributed by atoms with Crippen LogP contribution in [0.25, 0.3) is 0 Å². The molecular weight excluding hydrogens is 294 g/mol. The van der Waals surface area contributed by atoms with E-state index in [2.05, 4.69) is 44.1 Å². The summed E-state index contributed by atoms with van der Waals surface area (Å²) in [6.45, 7) is 7.96. The van der Waals surface area contributed by atoms with Crippen LogP contribution in [0.4, 0.5) is 0 Å². The van der Waals surface area contributed by atoms with Crippen LogP contribution in [0, 0.1) is 0 Å². The Morgan fingerprint density at radius 3 is 3.22 bits per heavy atom. The predicted octanol–water partition coefficient (Wildman–Crippen LogP) is 1.65. The van der Waals surface area contributed by atoms with Crippen LogP contribution >= 0.6 is 15.9 Å². The van der Waals surface area contributed by atoms with Crippen molar-refractivity contribution in [2.24, 2.45) is 0 Å². The van der Waals surface area contributed by atoms with Gasteiger partial charge in [-0.15, -0.1) is 0 Å². The minimum atomic E-state index is 0.304. The largest absolute Gasteiger partial charge is 0.374 e. The van der Waals surface area contributed by atoms with Gasteiger partial charge in [0.2, 0.25) is 0 Å². The number of nitrogens with one attached hydrogen (secondary N) is 1. The fourth-order valence-electron chi connectivity index (χ4n) is 2.12. The molecule has 0 saturated carbocycles. The lowest BCUT2D eigenvalue weighted by molar-refractivity contribution is -0.0253. The first-order valence-corrected chi connectivity index (χ1v) is 7.21. The molecule has 5 heteroatoms. The lowest BCUT2D eigenvalue weighted by Crippen LogP contribution is -2.46. The number of likely N-dealkylation sites (N-methyl/N-ethyl adjacent to an activating group) is 1. The number of rotatable bonds is 5. The van der Waals surface area contributed by atoms with Crippen LogP contribution in [0.1, 0.15) is 12.5 Å². The van der Waals surface area contributed by atoms with E-state index >= 15 is 0 Å². The first-order valence-electron chi connectivity index (χ1n) is 6.42. The predicted molar refractivity (Wildman–Crippen MR) is 75.5 cm³/mol. The summed E-state index contributed by atoms with van der Waals surface area (Å²) in [6, 6.07) is 2.08. The van der Waals surface area contributed by atoms with Crippen LogP contribution in [0.3, 0.4) is 0 Å². The maximum Gasteiger partial charge on any atom is 0.0826 e. The Hall–Kier alpha value is -0.490. The van der Waals surface area contributed by atoms with Crippen LogP contribution in [0.15, 0.2) is 22.9 Å². The number of hydrogen-bond acceptors (Lipinski definition) is 4. The number of pyridine rings is 1. The maximum absolute atomic E-state index is 5.74. The summed E-state index contributed by atoms with van der Waals surface area (Å²) in [5.74, 6) is 0. The number of nitrogens with zero attached hydrogens (tertiary/aromatic N) is 2. The van der Waals surface area contributed by atoms with Crippen molar-refractivity contribution in [3.63, 3.8) is 0 Å². The highest BCUT2D eigenvalue weighted by Gasteiger charge is 2.18. The zero-order chi connectivity index (χ0) is 12.8. The van der Waals surface area contributed by atoms with Gasteiger partial charge in [-0.25, -0.2) is 0 Å². The third-order valence-corrected chi connectivity index (χ3v) is 3.57. The molecule has 1 unspecified atom stereocenters. The van der Waals surface area contributed by atoms with Crippen LogP contribution < -0.4 is 5.32 Å². The zero-order valence-corrected chi connectivity index (χ0v) is 12.3. The minimum absolute atomic E-state index is 0.304. The fraction of sp³-hybridized carbons (Fsp3) is 0.615. The molecule has 2 heterocycles. The van der Waals surface area contributed by atoms with E-state index in [4.69, 9.17) is 4.74 Å². The van der Waals surface area contributed by atoms with E-state index < -0.39 is 0 Å². The Morgan fingerprint density at radius 1 is 1.56 bits per heavy atom. The number of aromatic nitrogens is 1. The first kappa shape index (κ1) is 13.9. The molecule has 1 aliphatic rings. The van der Waals surface area contributed by atoms with Gasteiger partial charge >= 0.3 is 0 Å². The average molecular weight is 314 g/mol. The Kier molecular flexibility index (Phi) is 5.56. The summed E-state index contributed by atoms with van der Waals surface area (Å²) in [5, 5.41) is 3.43. The van der Waals surface area contributed by atoms with Crippen LogP contribution in [0.5, 0.6) is 0 Å². The van der Waals surface area contributed by atoms with Gasteiger partial charge in [0.15, 0.2) is 0 Å². The Balaban J connectivity index is 1.72. The molecular formula is C13H20BrN3O. The first-order chi connectivity index (χ1) is 8.78. The summed E-state index contributed by atoms with van der Waals surface area (Å²) in [4.78, 5) is 6.58. The molecule has 0 radical (unpaired) electrons. The normalized spacial score (nSPS) is 21.1. The molecule has 18 heavy (non-hydrogen) atoms. The third kappa shape index (κ3) is 4.31. The van der Waals surface area contributed by atoms with Crippen molar-refractivity contribution in [2.75, 3.05) is 32.8 Å². The second kappa shape index (κ2) is 7.19. The van der Waals surface area contributed by atoms with Gasteiger partial charge in [-0.3, -0.25) is 9.88 Å². The van der Waals surface area contributed by atoms with Gasteiger partial charge in [-0.05, 0) is 34.1 Å². The molecule has 0 aromatic carbocycles. The van der Waals surface area contributed by atoms with Gasteiger partial charge in [-0.2, -0.15) is 0 Å². The van der Waals surface area contributed by atoms with Crippen LogP contribution in [-0.4, -0.2) is 48.8 Å². The molecule has 0 bridgehead atoms. The van der Waals surface area contributed by atoms with Crippen molar-refractivity contribution >= 4 is 15.9 Å². The highest BCUT2D eigenvalue weighted by Crippen LogP contribution is 2.09. The summed E-state index contributed by atoms with van der Waals surface area (Å²) in [6.07, 6.45) is 3.99. The van der Waals surface area contributed by atoms with Gasteiger partial charge in [0.05, 0.1) is 12.7 Å². The van der Waals surface area contributed by atoms with Crippen molar-refractivity contribution in [3.05, 3.63) is 28.5 Å². The average Bonchev–Trinajstić information content (AvgIpc) is 2.39. The second-order valence-electron chi connectivity index (χ2n) is 4.53. The van der Waals surface area contributed by atoms with Gasteiger partial charge in [0.25, 0.3) is 0 Å². The van der Waals surface area contributed by atoms with E-state index in [1.807, 2.05) is 6.20 Å². The van der Waals surface area contributed by atoms with E-state index in [0.717, 1.165) is 43.8 Å². The molecule has 1 fully saturated rings. The topological polar surface area (TPSA) is 37.4 Å². The molecule has 0 spiro atoms. The van der Waals surface area contributed by atoms with E-state index in [1.165, 1.54) is 5.56 Å². The van der Waals surface area contributed by atoms with Crippen LogP contribution in [-0.2, 0) is 11.3 Å². The van der Waals surface area contributed by atoms with Gasteiger partial charge < -0.3 is 10.1 Å². The lowest BCUT2D eigenvalue weighted by Gasteiger charge is -2.32. The van der Waals surface area contributed by atoms with Gasteiger partial charge in [-0.1, -0.05) is 6.92 Å². The molecule has 1 atom stereocenters. The molecule has 4 nitrogen and oxygen atoms in total. The standard InChI is InChI=1S/C13H20BrN3O/c1-2-17-3-4-18-13(10-17)9-16-7-11-5-12(14)8-15-6-11/h5-6,8,13,16H,2-4,7,9-10H2,1H3. The number of ether oxygens (including phenoxy) is 1. The van der Waals surface area contributed by atoms with Crippen molar-refractivity contribution in [2.45, 2.75) is 19.6 Å². The number of halogens is 1. The number of morpholine rings is 1. The lowest BCUT2D eigenvalue weighted by atomic mass is 10.2. The molecule has 0 amide bonds. The molecule has 1 N–H and O–H groups in total. The van der Waals surface area contributed by atoms with Crippen molar-refractivity contribution in [1.82, 2.24) is 15.2 Å². The summed E-state index contributed by atoms with van der Waals surface area (Å²) in [5.41, 5.74) is 1.19. The second-order valence-corrected chi connectivity index (χ2v) is 5.44. The summed E-state index contributed by atoms with van der Waals surface area (Å²) in [7, 11) is 0. The van der Waals surface area contributed by atoms with Crippen molar-refractivity contribution in [1.29, 1.82) is 0 Å². The van der Waals surface area contributed by atoms with Crippen molar-refractivity contribution in [3.8, 4) is 0 Å². The Bertz CT molecular complexity index is 375. The smallest absolute Gasteiger partial charge is 0.0826 e. The highest BCUT2D eigenvalue weighted by atomic mass is 79.9. The van der Waals surface area contributed by atoms with E-state index in [0.29, 0.717) is 6.10 Å². The minimum Gasteiger partial charge on any atom is -0.374 e. The Labute approximate surface area is 117 Å². The molecule has 100 valence electrons. The summed E-state index contributed by atoms with van der Waals surface area (Å²) < 4.78 is 6.76. The molecule has 1 aliphatic heterocycles. The van der Waals surface area contributed by atoms with Gasteiger partial charge in [0.1, 0.15) is 0 Å². The maximum atomic E-state index is 5.74. The third-order valence-electron chi connectivity index (χ3n) is 3.13. The zero-order valence-electron chi connectivity index (χ0n) is 10.7. The van der Waals surface area contributed by atoms with Crippen LogP contribution in [0.2, 0.25) is 0 Å². The van der Waals surface area contributed by atoms with Gasteiger partial charge in [0, 0.05) is 43.0 Å².